The van der Waals surface area contributed by atoms with Crippen LogP contribution in [-0.4, -0.2) is 31.1 Å². The molecule has 104 valence electrons. The topological polar surface area (TPSA) is 15.3 Å². The molecule has 3 heteroatoms. The van der Waals surface area contributed by atoms with E-state index >= 15 is 0 Å². The molecule has 0 spiro atoms. The lowest BCUT2D eigenvalue weighted by Crippen LogP contribution is -2.28. The summed E-state index contributed by atoms with van der Waals surface area (Å²) in [4.78, 5) is 5.26. The Balaban J connectivity index is 2.11. The van der Waals surface area contributed by atoms with Gasteiger partial charge in [-0.05, 0) is 72.8 Å². The summed E-state index contributed by atoms with van der Waals surface area (Å²) in [6.45, 7) is 11.2. The van der Waals surface area contributed by atoms with Gasteiger partial charge in [-0.3, -0.25) is 0 Å². The predicted molar refractivity (Wildman–Crippen MR) is 82.5 cm³/mol. The van der Waals surface area contributed by atoms with E-state index in [1.165, 1.54) is 29.1 Å². The Morgan fingerprint density at radius 1 is 1.22 bits per heavy atom. The summed E-state index contributed by atoms with van der Waals surface area (Å²) >= 11 is 1.90. The average molecular weight is 268 g/mol. The minimum absolute atomic E-state index is 0.492. The third-order valence-electron chi connectivity index (χ3n) is 3.46. The van der Waals surface area contributed by atoms with Crippen LogP contribution >= 0.6 is 11.3 Å². The molecule has 1 unspecified atom stereocenters. The van der Waals surface area contributed by atoms with E-state index in [-0.39, 0.29) is 0 Å². The maximum Gasteiger partial charge on any atom is 0.0386 e. The number of aryl methyl sites for hydroxylation is 1. The average Bonchev–Trinajstić information content (AvgIpc) is 2.74. The lowest BCUT2D eigenvalue weighted by molar-refractivity contribution is 0.267. The Kier molecular flexibility index (Phi) is 6.90. The zero-order valence-electron chi connectivity index (χ0n) is 12.5. The normalized spacial score (nSPS) is 13.5. The molecule has 0 fully saturated rings. The highest BCUT2D eigenvalue weighted by Gasteiger charge is 2.06. The Morgan fingerprint density at radius 2 is 1.94 bits per heavy atom. The molecule has 0 saturated heterocycles. The predicted octanol–water partition coefficient (Wildman–Crippen LogP) is 3.83. The van der Waals surface area contributed by atoms with Crippen LogP contribution in [0.1, 0.15) is 49.4 Å². The summed E-state index contributed by atoms with van der Waals surface area (Å²) in [5.41, 5.74) is 0. The Morgan fingerprint density at radius 3 is 2.50 bits per heavy atom. The highest BCUT2D eigenvalue weighted by atomic mass is 32.1. The molecule has 18 heavy (non-hydrogen) atoms. The molecule has 1 atom stereocenters. The molecule has 2 nitrogen and oxygen atoms in total. The first kappa shape index (κ1) is 15.7. The molecule has 1 N–H and O–H groups in total. The minimum atomic E-state index is 0.492. The molecule has 0 saturated carbocycles. The molecule has 1 rings (SSSR count). The number of thiophene rings is 1. The Bertz CT molecular complexity index is 333. The van der Waals surface area contributed by atoms with Crippen molar-refractivity contribution in [3.05, 3.63) is 21.9 Å². The maximum absolute atomic E-state index is 3.61. The molecule has 1 heterocycles. The fourth-order valence-corrected chi connectivity index (χ4v) is 2.75. The van der Waals surface area contributed by atoms with Gasteiger partial charge in [-0.15, -0.1) is 11.3 Å². The van der Waals surface area contributed by atoms with Crippen molar-refractivity contribution < 1.29 is 0 Å². The third kappa shape index (κ3) is 5.51. The van der Waals surface area contributed by atoms with Crippen LogP contribution < -0.4 is 5.32 Å². The van der Waals surface area contributed by atoms with E-state index in [1.54, 1.807) is 0 Å². The molecule has 0 aliphatic rings. The molecular weight excluding hydrogens is 240 g/mol. The maximum atomic E-state index is 3.61. The van der Waals surface area contributed by atoms with Gasteiger partial charge in [-0.2, -0.15) is 0 Å². The SMILES string of the molecule is Cc1ccc(C(C)NCCCCN(C)C(C)C)s1. The largest absolute Gasteiger partial charge is 0.309 e. The quantitative estimate of drug-likeness (QED) is 0.721. The van der Waals surface area contributed by atoms with Gasteiger partial charge < -0.3 is 10.2 Å². The Labute approximate surface area is 116 Å². The molecule has 0 radical (unpaired) electrons. The second-order valence-corrected chi connectivity index (χ2v) is 6.73. The van der Waals surface area contributed by atoms with Crippen molar-refractivity contribution in [2.45, 2.75) is 52.6 Å². The summed E-state index contributed by atoms with van der Waals surface area (Å²) in [6.07, 6.45) is 2.53. The first-order chi connectivity index (χ1) is 8.50. The van der Waals surface area contributed by atoms with E-state index in [9.17, 15) is 0 Å². The van der Waals surface area contributed by atoms with Gasteiger partial charge in [0.1, 0.15) is 0 Å². The summed E-state index contributed by atoms with van der Waals surface area (Å²) < 4.78 is 0. The fraction of sp³-hybridized carbons (Fsp3) is 0.733. The monoisotopic (exact) mass is 268 g/mol. The van der Waals surface area contributed by atoms with Crippen molar-refractivity contribution in [2.24, 2.45) is 0 Å². The van der Waals surface area contributed by atoms with Crippen LogP contribution in [0.15, 0.2) is 12.1 Å². The number of nitrogens with one attached hydrogen (secondary N) is 1. The molecule has 0 amide bonds. The lowest BCUT2D eigenvalue weighted by atomic mass is 10.2. The zero-order valence-corrected chi connectivity index (χ0v) is 13.3. The zero-order chi connectivity index (χ0) is 13.5. The number of rotatable bonds is 8. The third-order valence-corrected chi connectivity index (χ3v) is 4.64. The summed E-state index contributed by atoms with van der Waals surface area (Å²) in [7, 11) is 2.20. The van der Waals surface area contributed by atoms with Crippen LogP contribution in [-0.2, 0) is 0 Å². The molecule has 0 aliphatic heterocycles. The van der Waals surface area contributed by atoms with E-state index in [2.05, 4.69) is 57.1 Å². The van der Waals surface area contributed by atoms with Gasteiger partial charge >= 0.3 is 0 Å². The summed E-state index contributed by atoms with van der Waals surface area (Å²) in [5.74, 6) is 0. The van der Waals surface area contributed by atoms with E-state index in [0.717, 1.165) is 6.54 Å². The van der Waals surface area contributed by atoms with Crippen LogP contribution in [0.3, 0.4) is 0 Å². The van der Waals surface area contributed by atoms with Gasteiger partial charge in [-0.1, -0.05) is 0 Å². The fourth-order valence-electron chi connectivity index (χ4n) is 1.85. The van der Waals surface area contributed by atoms with Crippen molar-refractivity contribution in [3.8, 4) is 0 Å². The summed E-state index contributed by atoms with van der Waals surface area (Å²) in [6, 6.07) is 5.59. The molecule has 1 aromatic rings. The van der Waals surface area contributed by atoms with Crippen molar-refractivity contribution in [1.82, 2.24) is 10.2 Å². The lowest BCUT2D eigenvalue weighted by Gasteiger charge is -2.21. The number of unbranched alkanes of at least 4 members (excludes halogenated alkanes) is 1. The van der Waals surface area contributed by atoms with E-state index in [0.29, 0.717) is 12.1 Å². The first-order valence-electron chi connectivity index (χ1n) is 7.00. The molecule has 0 aliphatic carbocycles. The van der Waals surface area contributed by atoms with Crippen molar-refractivity contribution >= 4 is 11.3 Å². The standard InChI is InChI=1S/C15H28N2S/c1-12(2)17(5)11-7-6-10-16-14(4)15-9-8-13(3)18-15/h8-9,12,14,16H,6-7,10-11H2,1-5H3. The summed E-state index contributed by atoms with van der Waals surface area (Å²) in [5, 5.41) is 3.61. The first-order valence-corrected chi connectivity index (χ1v) is 7.82. The van der Waals surface area contributed by atoms with Gasteiger partial charge in [0, 0.05) is 21.8 Å². The van der Waals surface area contributed by atoms with E-state index in [1.807, 2.05) is 11.3 Å². The Hall–Kier alpha value is -0.380. The molecular formula is C15H28N2S. The smallest absolute Gasteiger partial charge is 0.0386 e. The second kappa shape index (κ2) is 7.93. The van der Waals surface area contributed by atoms with Gasteiger partial charge in [0.25, 0.3) is 0 Å². The highest BCUT2D eigenvalue weighted by Crippen LogP contribution is 2.22. The number of nitrogens with zero attached hydrogens (tertiary/aromatic N) is 1. The van der Waals surface area contributed by atoms with E-state index in [4.69, 9.17) is 0 Å². The van der Waals surface area contributed by atoms with Gasteiger partial charge in [-0.25, -0.2) is 0 Å². The van der Waals surface area contributed by atoms with Crippen molar-refractivity contribution in [2.75, 3.05) is 20.1 Å². The molecule has 0 bridgehead atoms. The number of hydrogen-bond donors (Lipinski definition) is 1. The van der Waals surface area contributed by atoms with Gasteiger partial charge in [0.05, 0.1) is 0 Å². The van der Waals surface area contributed by atoms with Crippen LogP contribution in [0.2, 0.25) is 0 Å². The van der Waals surface area contributed by atoms with E-state index < -0.39 is 0 Å². The van der Waals surface area contributed by atoms with Gasteiger partial charge in [0.2, 0.25) is 0 Å². The second-order valence-electron chi connectivity index (χ2n) is 5.41. The van der Waals surface area contributed by atoms with Crippen molar-refractivity contribution in [3.63, 3.8) is 0 Å². The van der Waals surface area contributed by atoms with Crippen molar-refractivity contribution in [1.29, 1.82) is 0 Å². The van der Waals surface area contributed by atoms with Crippen LogP contribution in [0, 0.1) is 6.92 Å². The van der Waals surface area contributed by atoms with Crippen LogP contribution in [0.5, 0.6) is 0 Å². The van der Waals surface area contributed by atoms with Crippen LogP contribution in [0.25, 0.3) is 0 Å². The van der Waals surface area contributed by atoms with Gasteiger partial charge in [0.15, 0.2) is 0 Å². The number of hydrogen-bond acceptors (Lipinski definition) is 3. The highest BCUT2D eigenvalue weighted by molar-refractivity contribution is 7.12. The minimum Gasteiger partial charge on any atom is -0.309 e. The molecule has 0 aromatic carbocycles. The van der Waals surface area contributed by atoms with Crippen LogP contribution in [0.4, 0.5) is 0 Å². The molecule has 1 aromatic heterocycles.